The number of hydrogen-bond donors (Lipinski definition) is 1. The first kappa shape index (κ1) is 18.4. The van der Waals surface area contributed by atoms with Gasteiger partial charge in [0, 0.05) is 18.7 Å². The largest absolute Gasteiger partial charge is 0.438 e. The molecule has 1 aliphatic rings. The number of oxazole rings is 1. The van der Waals surface area contributed by atoms with Crippen LogP contribution in [0.2, 0.25) is 0 Å². The highest BCUT2D eigenvalue weighted by Crippen LogP contribution is 2.36. The number of H-pyrrole nitrogens is 1. The molecule has 0 bridgehead atoms. The van der Waals surface area contributed by atoms with Gasteiger partial charge >= 0.3 is 6.18 Å². The lowest BCUT2D eigenvalue weighted by molar-refractivity contribution is -0.142. The van der Waals surface area contributed by atoms with Gasteiger partial charge < -0.3 is 14.3 Å². The van der Waals surface area contributed by atoms with E-state index in [9.17, 15) is 18.0 Å². The molecule has 5 heterocycles. The first-order valence-electron chi connectivity index (χ1n) is 9.13. The van der Waals surface area contributed by atoms with E-state index in [1.165, 1.54) is 35.8 Å². The van der Waals surface area contributed by atoms with Crippen LogP contribution in [0.15, 0.2) is 41.4 Å². The number of carbonyl (C=O) groups is 1. The molecule has 0 saturated carbocycles. The van der Waals surface area contributed by atoms with E-state index in [1.54, 1.807) is 6.92 Å². The first-order valence-corrected chi connectivity index (χ1v) is 9.13. The standard InChI is InChI=1S/C19H15F3N6O2/c1-10-17(30-9-25-10)18(29)27-6-5-12-15(24-8-23-12)16(27)13-7-11-3-2-4-14(19(20,21)22)28(11)26-13/h2-4,7-9,16H,5-6H2,1H3,(H,23,24)/t16-/m0/s1. The number of alkyl halides is 3. The lowest BCUT2D eigenvalue weighted by Crippen LogP contribution is -2.41. The van der Waals surface area contributed by atoms with Crippen LogP contribution in [-0.4, -0.2) is 41.9 Å². The van der Waals surface area contributed by atoms with Crippen molar-refractivity contribution in [1.82, 2.24) is 29.5 Å². The Labute approximate surface area is 167 Å². The fourth-order valence-electron chi connectivity index (χ4n) is 3.82. The van der Waals surface area contributed by atoms with Crippen molar-refractivity contribution in [3.8, 4) is 0 Å². The van der Waals surface area contributed by atoms with Crippen LogP contribution < -0.4 is 0 Å². The Morgan fingerprint density at radius 2 is 2.13 bits per heavy atom. The van der Waals surface area contributed by atoms with Crippen molar-refractivity contribution in [2.24, 2.45) is 0 Å². The number of rotatable bonds is 2. The summed E-state index contributed by atoms with van der Waals surface area (Å²) in [7, 11) is 0. The third-order valence-corrected chi connectivity index (χ3v) is 5.20. The summed E-state index contributed by atoms with van der Waals surface area (Å²) >= 11 is 0. The fourth-order valence-corrected chi connectivity index (χ4v) is 3.82. The van der Waals surface area contributed by atoms with Gasteiger partial charge in [-0.2, -0.15) is 18.3 Å². The van der Waals surface area contributed by atoms with E-state index in [0.717, 1.165) is 16.3 Å². The molecule has 0 unspecified atom stereocenters. The summed E-state index contributed by atoms with van der Waals surface area (Å²) in [6.07, 6.45) is -1.37. The summed E-state index contributed by atoms with van der Waals surface area (Å²) in [6, 6.07) is 4.60. The Morgan fingerprint density at radius 1 is 1.30 bits per heavy atom. The molecular formula is C19H15F3N6O2. The van der Waals surface area contributed by atoms with E-state index in [2.05, 4.69) is 20.1 Å². The Bertz CT molecular complexity index is 1250. The fraction of sp³-hybridized carbons (Fsp3) is 0.263. The van der Waals surface area contributed by atoms with E-state index in [1.807, 2.05) is 0 Å². The zero-order valence-corrected chi connectivity index (χ0v) is 15.6. The number of amides is 1. The van der Waals surface area contributed by atoms with Gasteiger partial charge in [0.25, 0.3) is 5.91 Å². The van der Waals surface area contributed by atoms with Crippen LogP contribution in [0.25, 0.3) is 5.52 Å². The Morgan fingerprint density at radius 3 is 2.87 bits per heavy atom. The molecule has 1 N–H and O–H groups in total. The topological polar surface area (TPSA) is 92.3 Å². The summed E-state index contributed by atoms with van der Waals surface area (Å²) < 4.78 is 46.4. The van der Waals surface area contributed by atoms with Gasteiger partial charge in [-0.25, -0.2) is 14.5 Å². The Kier molecular flexibility index (Phi) is 3.95. The zero-order valence-electron chi connectivity index (χ0n) is 15.6. The molecule has 1 atom stereocenters. The summed E-state index contributed by atoms with van der Waals surface area (Å²) in [4.78, 5) is 26.0. The molecule has 0 radical (unpaired) electrons. The molecule has 154 valence electrons. The van der Waals surface area contributed by atoms with Crippen LogP contribution in [0.3, 0.4) is 0 Å². The van der Waals surface area contributed by atoms with E-state index in [0.29, 0.717) is 24.4 Å². The second-order valence-corrected chi connectivity index (χ2v) is 7.00. The van der Waals surface area contributed by atoms with Crippen LogP contribution in [0.5, 0.6) is 0 Å². The van der Waals surface area contributed by atoms with E-state index >= 15 is 0 Å². The number of aryl methyl sites for hydroxylation is 1. The van der Waals surface area contributed by atoms with Crippen molar-refractivity contribution in [3.63, 3.8) is 0 Å². The zero-order chi connectivity index (χ0) is 21.0. The monoisotopic (exact) mass is 416 g/mol. The van der Waals surface area contributed by atoms with E-state index < -0.39 is 23.8 Å². The lowest BCUT2D eigenvalue weighted by Gasteiger charge is -2.33. The number of fused-ring (bicyclic) bond motifs is 2. The van der Waals surface area contributed by atoms with Crippen LogP contribution >= 0.6 is 0 Å². The number of carbonyl (C=O) groups excluding carboxylic acids is 1. The maximum absolute atomic E-state index is 13.4. The Balaban J connectivity index is 1.66. The van der Waals surface area contributed by atoms with Crippen molar-refractivity contribution in [3.05, 3.63) is 71.2 Å². The SMILES string of the molecule is Cc1ncoc1C(=O)N1CCc2[nH]cnc2[C@@H]1c1cc2cccc(C(F)(F)F)n2n1. The minimum Gasteiger partial charge on any atom is -0.438 e. The van der Waals surface area contributed by atoms with Gasteiger partial charge in [0.1, 0.15) is 11.7 Å². The predicted molar refractivity (Wildman–Crippen MR) is 96.6 cm³/mol. The minimum atomic E-state index is -4.57. The molecule has 4 aromatic heterocycles. The number of nitrogens with one attached hydrogen (secondary N) is 1. The summed E-state index contributed by atoms with van der Waals surface area (Å²) in [5.74, 6) is -0.338. The maximum Gasteiger partial charge on any atom is 0.433 e. The second kappa shape index (κ2) is 6.44. The quantitative estimate of drug-likeness (QED) is 0.542. The van der Waals surface area contributed by atoms with Crippen LogP contribution in [0, 0.1) is 6.92 Å². The van der Waals surface area contributed by atoms with Crippen molar-refractivity contribution in [2.45, 2.75) is 25.6 Å². The van der Waals surface area contributed by atoms with Crippen LogP contribution in [0.1, 0.15) is 45.1 Å². The minimum absolute atomic E-state index is 0.0822. The van der Waals surface area contributed by atoms with Crippen LogP contribution in [-0.2, 0) is 12.6 Å². The number of pyridine rings is 1. The summed E-state index contributed by atoms with van der Waals surface area (Å²) in [5, 5.41) is 4.22. The van der Waals surface area contributed by atoms with Gasteiger partial charge in [-0.05, 0) is 25.1 Å². The molecule has 0 saturated heterocycles. The highest BCUT2D eigenvalue weighted by atomic mass is 19.4. The molecule has 0 fully saturated rings. The van der Waals surface area contributed by atoms with Crippen molar-refractivity contribution < 1.29 is 22.4 Å². The number of nitrogens with zero attached hydrogens (tertiary/aromatic N) is 5. The Hall–Kier alpha value is -3.63. The molecule has 5 rings (SSSR count). The molecule has 0 aliphatic carbocycles. The summed E-state index contributed by atoms with van der Waals surface area (Å²) in [6.45, 7) is 1.97. The highest BCUT2D eigenvalue weighted by molar-refractivity contribution is 5.93. The number of imidazole rings is 1. The molecule has 1 amide bonds. The van der Waals surface area contributed by atoms with Gasteiger partial charge in [-0.3, -0.25) is 4.79 Å². The average molecular weight is 416 g/mol. The number of aromatic amines is 1. The maximum atomic E-state index is 13.4. The second-order valence-electron chi connectivity index (χ2n) is 7.00. The molecule has 1 aliphatic heterocycles. The lowest BCUT2D eigenvalue weighted by atomic mass is 9.99. The van der Waals surface area contributed by atoms with E-state index in [-0.39, 0.29) is 17.0 Å². The smallest absolute Gasteiger partial charge is 0.433 e. The third-order valence-electron chi connectivity index (χ3n) is 5.20. The van der Waals surface area contributed by atoms with Crippen molar-refractivity contribution in [2.75, 3.05) is 6.54 Å². The molecule has 30 heavy (non-hydrogen) atoms. The number of hydrogen-bond acceptors (Lipinski definition) is 5. The van der Waals surface area contributed by atoms with Crippen LogP contribution in [0.4, 0.5) is 13.2 Å². The molecule has 8 nitrogen and oxygen atoms in total. The predicted octanol–water partition coefficient (Wildman–Crippen LogP) is 3.16. The van der Waals surface area contributed by atoms with Gasteiger partial charge in [0.05, 0.1) is 28.9 Å². The normalized spacial score (nSPS) is 16.8. The van der Waals surface area contributed by atoms with E-state index in [4.69, 9.17) is 4.42 Å². The van der Waals surface area contributed by atoms with Crippen molar-refractivity contribution >= 4 is 11.4 Å². The third kappa shape index (κ3) is 2.77. The molecule has 0 aromatic carbocycles. The molecule has 11 heteroatoms. The number of halogens is 3. The summed E-state index contributed by atoms with van der Waals surface area (Å²) in [5.41, 5.74) is 1.44. The molecule has 4 aromatic rings. The van der Waals surface area contributed by atoms with Gasteiger partial charge in [0.15, 0.2) is 6.39 Å². The number of aromatic nitrogens is 5. The average Bonchev–Trinajstić information content (AvgIpc) is 3.43. The molecule has 0 spiro atoms. The van der Waals surface area contributed by atoms with Gasteiger partial charge in [-0.15, -0.1) is 0 Å². The molecular weight excluding hydrogens is 401 g/mol. The van der Waals surface area contributed by atoms with Gasteiger partial charge in [-0.1, -0.05) is 6.07 Å². The first-order chi connectivity index (χ1) is 14.3. The van der Waals surface area contributed by atoms with Crippen molar-refractivity contribution in [1.29, 1.82) is 0 Å². The van der Waals surface area contributed by atoms with Gasteiger partial charge in [0.2, 0.25) is 5.76 Å². The highest BCUT2D eigenvalue weighted by Gasteiger charge is 2.39.